The molecular weight excluding hydrogens is 212 g/mol. The van der Waals surface area contributed by atoms with Crippen molar-refractivity contribution in [2.24, 2.45) is 0 Å². The molecule has 17 heavy (non-hydrogen) atoms. The minimum absolute atomic E-state index is 0.00828. The van der Waals surface area contributed by atoms with Crippen LogP contribution in [0.5, 0.6) is 0 Å². The SMILES string of the molecule is COC1(CN2Cc3ccccc3C2=N)CCC1. The van der Waals surface area contributed by atoms with Crippen molar-refractivity contribution in [2.75, 3.05) is 13.7 Å². The van der Waals surface area contributed by atoms with E-state index in [-0.39, 0.29) is 5.60 Å². The Balaban J connectivity index is 1.78. The van der Waals surface area contributed by atoms with Crippen LogP contribution in [0.3, 0.4) is 0 Å². The predicted molar refractivity (Wildman–Crippen MR) is 67.3 cm³/mol. The summed E-state index contributed by atoms with van der Waals surface area (Å²) in [6.07, 6.45) is 3.51. The normalized spacial score (nSPS) is 21.2. The van der Waals surface area contributed by atoms with E-state index in [1.807, 2.05) is 18.2 Å². The lowest BCUT2D eigenvalue weighted by atomic mass is 9.79. The predicted octanol–water partition coefficient (Wildman–Crippen LogP) is 2.40. The second-order valence-electron chi connectivity index (χ2n) is 5.10. The number of nitrogens with zero attached hydrogens (tertiary/aromatic N) is 1. The Labute approximate surface area is 102 Å². The Morgan fingerprint density at radius 2 is 2.12 bits per heavy atom. The molecule has 0 atom stereocenters. The van der Waals surface area contributed by atoms with Crippen LogP contribution in [0.1, 0.15) is 30.4 Å². The Morgan fingerprint density at radius 3 is 2.71 bits per heavy atom. The van der Waals surface area contributed by atoms with E-state index in [1.165, 1.54) is 12.0 Å². The third-order valence-electron chi connectivity index (χ3n) is 4.13. The summed E-state index contributed by atoms with van der Waals surface area (Å²) in [4.78, 5) is 2.15. The summed E-state index contributed by atoms with van der Waals surface area (Å²) in [7, 11) is 1.80. The lowest BCUT2D eigenvalue weighted by Gasteiger charge is -2.43. The smallest absolute Gasteiger partial charge is 0.128 e. The second kappa shape index (κ2) is 3.84. The maximum atomic E-state index is 8.21. The lowest BCUT2D eigenvalue weighted by Crippen LogP contribution is -2.49. The molecule has 0 unspecified atom stereocenters. The fourth-order valence-electron chi connectivity index (χ4n) is 2.82. The summed E-state index contributed by atoms with van der Waals surface area (Å²) in [6.45, 7) is 1.72. The van der Waals surface area contributed by atoms with E-state index < -0.39 is 0 Å². The molecule has 1 aliphatic carbocycles. The van der Waals surface area contributed by atoms with E-state index >= 15 is 0 Å². The molecule has 1 aromatic rings. The van der Waals surface area contributed by atoms with Gasteiger partial charge in [-0.3, -0.25) is 5.41 Å². The number of fused-ring (bicyclic) bond motifs is 1. The summed E-state index contributed by atoms with van der Waals surface area (Å²) in [6, 6.07) is 8.21. The van der Waals surface area contributed by atoms with Crippen LogP contribution in [0.25, 0.3) is 0 Å². The minimum atomic E-state index is 0.00828. The molecule has 0 aromatic heterocycles. The molecule has 3 heteroatoms. The molecule has 0 bridgehead atoms. The van der Waals surface area contributed by atoms with E-state index in [2.05, 4.69) is 11.0 Å². The highest BCUT2D eigenvalue weighted by Gasteiger charge is 2.40. The molecular formula is C14H18N2O. The lowest BCUT2D eigenvalue weighted by molar-refractivity contribution is -0.0827. The van der Waals surface area contributed by atoms with Crippen molar-refractivity contribution in [3.05, 3.63) is 35.4 Å². The largest absolute Gasteiger partial charge is 0.376 e. The minimum Gasteiger partial charge on any atom is -0.376 e. The zero-order chi connectivity index (χ0) is 11.9. The summed E-state index contributed by atoms with van der Waals surface area (Å²) < 4.78 is 5.64. The van der Waals surface area contributed by atoms with Crippen molar-refractivity contribution < 1.29 is 4.74 Å². The fourth-order valence-corrected chi connectivity index (χ4v) is 2.82. The molecule has 1 heterocycles. The van der Waals surface area contributed by atoms with E-state index in [4.69, 9.17) is 10.1 Å². The van der Waals surface area contributed by atoms with Gasteiger partial charge in [0.1, 0.15) is 5.84 Å². The van der Waals surface area contributed by atoms with E-state index in [9.17, 15) is 0 Å². The number of nitrogens with one attached hydrogen (secondary N) is 1. The van der Waals surface area contributed by atoms with E-state index in [1.54, 1.807) is 7.11 Å². The average molecular weight is 230 g/mol. The Morgan fingerprint density at radius 1 is 1.35 bits per heavy atom. The molecule has 0 radical (unpaired) electrons. The number of hydrogen-bond acceptors (Lipinski definition) is 2. The van der Waals surface area contributed by atoms with Gasteiger partial charge >= 0.3 is 0 Å². The van der Waals surface area contributed by atoms with Gasteiger partial charge in [-0.15, -0.1) is 0 Å². The van der Waals surface area contributed by atoms with Gasteiger partial charge in [0.15, 0.2) is 0 Å². The number of benzene rings is 1. The van der Waals surface area contributed by atoms with Crippen LogP contribution in [0.15, 0.2) is 24.3 Å². The van der Waals surface area contributed by atoms with Crippen molar-refractivity contribution in [3.63, 3.8) is 0 Å². The zero-order valence-corrected chi connectivity index (χ0v) is 10.2. The number of rotatable bonds is 3. The molecule has 0 amide bonds. The van der Waals surface area contributed by atoms with Crippen molar-refractivity contribution in [2.45, 2.75) is 31.4 Å². The van der Waals surface area contributed by atoms with E-state index in [0.29, 0.717) is 5.84 Å². The molecule has 90 valence electrons. The van der Waals surface area contributed by atoms with Crippen molar-refractivity contribution in [1.29, 1.82) is 5.41 Å². The monoisotopic (exact) mass is 230 g/mol. The summed E-state index contributed by atoms with van der Waals surface area (Å²) in [5.41, 5.74) is 2.36. The van der Waals surface area contributed by atoms with Crippen LogP contribution in [0, 0.1) is 5.41 Å². The Hall–Kier alpha value is -1.35. The maximum Gasteiger partial charge on any atom is 0.128 e. The Kier molecular flexibility index (Phi) is 2.44. The van der Waals surface area contributed by atoms with Crippen LogP contribution >= 0.6 is 0 Å². The van der Waals surface area contributed by atoms with Crippen molar-refractivity contribution in [3.8, 4) is 0 Å². The van der Waals surface area contributed by atoms with Gasteiger partial charge in [-0.25, -0.2) is 0 Å². The molecule has 1 aromatic carbocycles. The molecule has 1 aliphatic heterocycles. The molecule has 0 spiro atoms. The topological polar surface area (TPSA) is 36.3 Å². The first-order valence-electron chi connectivity index (χ1n) is 6.21. The molecule has 3 nitrogen and oxygen atoms in total. The van der Waals surface area contributed by atoms with Gasteiger partial charge in [0.05, 0.1) is 5.60 Å². The van der Waals surface area contributed by atoms with Crippen LogP contribution in [0.4, 0.5) is 0 Å². The van der Waals surface area contributed by atoms with Crippen LogP contribution in [-0.2, 0) is 11.3 Å². The third kappa shape index (κ3) is 1.65. The van der Waals surface area contributed by atoms with Gasteiger partial charge in [-0.2, -0.15) is 0 Å². The van der Waals surface area contributed by atoms with Gasteiger partial charge in [0, 0.05) is 25.8 Å². The molecule has 3 rings (SSSR count). The standard InChI is InChI=1S/C14H18N2O/c1-17-14(7-4-8-14)10-16-9-11-5-2-3-6-12(11)13(16)15/h2-3,5-6,15H,4,7-10H2,1H3. The highest BCUT2D eigenvalue weighted by Crippen LogP contribution is 2.37. The quantitative estimate of drug-likeness (QED) is 0.865. The van der Waals surface area contributed by atoms with Gasteiger partial charge in [0.2, 0.25) is 0 Å². The van der Waals surface area contributed by atoms with Gasteiger partial charge < -0.3 is 9.64 Å². The molecule has 1 N–H and O–H groups in total. The Bertz CT molecular complexity index is 446. The second-order valence-corrected chi connectivity index (χ2v) is 5.10. The molecule has 0 saturated heterocycles. The first kappa shape index (κ1) is 10.8. The van der Waals surface area contributed by atoms with Gasteiger partial charge in [-0.05, 0) is 24.8 Å². The number of methoxy groups -OCH3 is 1. The third-order valence-corrected chi connectivity index (χ3v) is 4.13. The first-order valence-corrected chi connectivity index (χ1v) is 6.21. The van der Waals surface area contributed by atoms with Gasteiger partial charge in [0.25, 0.3) is 0 Å². The van der Waals surface area contributed by atoms with E-state index in [0.717, 1.165) is 31.5 Å². The van der Waals surface area contributed by atoms with Gasteiger partial charge in [-0.1, -0.05) is 24.3 Å². The summed E-state index contributed by atoms with van der Waals surface area (Å²) in [5, 5.41) is 8.21. The fraction of sp³-hybridized carbons (Fsp3) is 0.500. The number of hydrogen-bond donors (Lipinski definition) is 1. The molecule has 2 aliphatic rings. The highest BCUT2D eigenvalue weighted by molar-refractivity contribution is 6.00. The van der Waals surface area contributed by atoms with Crippen LogP contribution in [-0.4, -0.2) is 30.0 Å². The highest BCUT2D eigenvalue weighted by atomic mass is 16.5. The number of amidine groups is 1. The van der Waals surface area contributed by atoms with Crippen molar-refractivity contribution in [1.82, 2.24) is 4.90 Å². The summed E-state index contributed by atoms with van der Waals surface area (Å²) >= 11 is 0. The number of ether oxygens (including phenoxy) is 1. The van der Waals surface area contributed by atoms with Crippen molar-refractivity contribution >= 4 is 5.84 Å². The summed E-state index contributed by atoms with van der Waals surface area (Å²) in [5.74, 6) is 0.656. The van der Waals surface area contributed by atoms with Crippen LogP contribution in [0.2, 0.25) is 0 Å². The maximum absolute atomic E-state index is 8.21. The zero-order valence-electron chi connectivity index (χ0n) is 10.2. The average Bonchev–Trinajstić information content (AvgIpc) is 2.62. The molecule has 1 fully saturated rings. The first-order chi connectivity index (χ1) is 8.24. The molecule has 1 saturated carbocycles. The van der Waals surface area contributed by atoms with Crippen LogP contribution < -0.4 is 0 Å².